The molecule has 0 unspecified atom stereocenters. The molecule has 1 amide bonds. The fourth-order valence-corrected chi connectivity index (χ4v) is 3.92. The van der Waals surface area contributed by atoms with Crippen molar-refractivity contribution in [2.24, 2.45) is 0 Å². The third kappa shape index (κ3) is 3.75. The molecule has 26 heavy (non-hydrogen) atoms. The van der Waals surface area contributed by atoms with Crippen molar-refractivity contribution < 1.29 is 14.3 Å². The Bertz CT molecular complexity index is 759. The minimum absolute atomic E-state index is 0.000654. The fourth-order valence-electron chi connectivity index (χ4n) is 3.39. The molecule has 6 nitrogen and oxygen atoms in total. The summed E-state index contributed by atoms with van der Waals surface area (Å²) in [6, 6.07) is 6.33. The molecule has 0 saturated carbocycles. The number of benzene rings is 1. The van der Waals surface area contributed by atoms with Gasteiger partial charge in [-0.25, -0.2) is 4.98 Å². The van der Waals surface area contributed by atoms with Crippen LogP contribution in [0.15, 0.2) is 29.1 Å². The van der Waals surface area contributed by atoms with Crippen LogP contribution < -0.4 is 4.74 Å². The van der Waals surface area contributed by atoms with Gasteiger partial charge in [0.2, 0.25) is 0 Å². The first-order chi connectivity index (χ1) is 12.7. The maximum absolute atomic E-state index is 12.8. The van der Waals surface area contributed by atoms with Crippen LogP contribution in [0.1, 0.15) is 28.5 Å². The molecule has 7 heteroatoms. The van der Waals surface area contributed by atoms with Gasteiger partial charge in [0.05, 0.1) is 31.3 Å². The second-order valence-corrected chi connectivity index (χ2v) is 7.52. The van der Waals surface area contributed by atoms with E-state index in [-0.39, 0.29) is 11.9 Å². The number of morpholine rings is 1. The van der Waals surface area contributed by atoms with Crippen LogP contribution in [-0.2, 0) is 17.8 Å². The van der Waals surface area contributed by atoms with Gasteiger partial charge < -0.3 is 14.4 Å². The smallest absolute Gasteiger partial charge is 0.273 e. The molecule has 0 aliphatic carbocycles. The first-order valence-corrected chi connectivity index (χ1v) is 9.89. The Hall–Kier alpha value is -1.96. The Morgan fingerprint density at radius 1 is 1.35 bits per heavy atom. The van der Waals surface area contributed by atoms with Crippen molar-refractivity contribution in [3.05, 3.63) is 45.9 Å². The molecule has 1 fully saturated rings. The molecule has 138 valence electrons. The number of thiazole rings is 1. The number of hydrogen-bond donors (Lipinski definition) is 0. The zero-order valence-electron chi connectivity index (χ0n) is 14.9. The summed E-state index contributed by atoms with van der Waals surface area (Å²) in [7, 11) is 0. The highest BCUT2D eigenvalue weighted by molar-refractivity contribution is 7.07. The lowest BCUT2D eigenvalue weighted by Crippen LogP contribution is -2.40. The van der Waals surface area contributed by atoms with Crippen LogP contribution in [0, 0.1) is 0 Å². The van der Waals surface area contributed by atoms with Crippen LogP contribution in [0.25, 0.3) is 0 Å². The second-order valence-electron chi connectivity index (χ2n) is 6.80. The molecule has 1 saturated heterocycles. The Morgan fingerprint density at radius 2 is 2.19 bits per heavy atom. The number of aromatic nitrogens is 1. The summed E-state index contributed by atoms with van der Waals surface area (Å²) in [5.74, 6) is 0.838. The lowest BCUT2D eigenvalue weighted by molar-refractivity contribution is 0.0341. The van der Waals surface area contributed by atoms with Gasteiger partial charge in [-0.15, -0.1) is 11.3 Å². The highest BCUT2D eigenvalue weighted by atomic mass is 32.1. The van der Waals surface area contributed by atoms with E-state index in [1.54, 1.807) is 10.9 Å². The molecule has 4 rings (SSSR count). The lowest BCUT2D eigenvalue weighted by atomic mass is 10.1. The maximum atomic E-state index is 12.8. The van der Waals surface area contributed by atoms with Crippen molar-refractivity contribution in [3.8, 4) is 5.75 Å². The second kappa shape index (κ2) is 7.73. The third-order valence-corrected chi connectivity index (χ3v) is 5.49. The number of nitrogens with zero attached hydrogens (tertiary/aromatic N) is 3. The van der Waals surface area contributed by atoms with E-state index < -0.39 is 0 Å². The maximum Gasteiger partial charge on any atom is 0.273 e. The van der Waals surface area contributed by atoms with Crippen LogP contribution in [-0.4, -0.2) is 59.6 Å². The van der Waals surface area contributed by atoms with Crippen LogP contribution in [0.4, 0.5) is 0 Å². The normalized spacial score (nSPS) is 21.0. The van der Waals surface area contributed by atoms with Gasteiger partial charge in [-0.1, -0.05) is 6.07 Å². The van der Waals surface area contributed by atoms with Crippen LogP contribution in [0.2, 0.25) is 0 Å². The number of carbonyl (C=O) groups is 1. The first kappa shape index (κ1) is 17.5. The van der Waals surface area contributed by atoms with Crippen LogP contribution >= 0.6 is 11.3 Å². The van der Waals surface area contributed by atoms with Gasteiger partial charge in [0, 0.05) is 30.6 Å². The summed E-state index contributed by atoms with van der Waals surface area (Å²) >= 11 is 1.44. The van der Waals surface area contributed by atoms with Crippen molar-refractivity contribution in [3.63, 3.8) is 0 Å². The Balaban J connectivity index is 1.54. The Labute approximate surface area is 157 Å². The van der Waals surface area contributed by atoms with Gasteiger partial charge >= 0.3 is 0 Å². The van der Waals surface area contributed by atoms with E-state index in [0.717, 1.165) is 44.2 Å². The molecule has 0 N–H and O–H groups in total. The van der Waals surface area contributed by atoms with Crippen LogP contribution in [0.5, 0.6) is 5.75 Å². The zero-order chi connectivity index (χ0) is 17.9. The quantitative estimate of drug-likeness (QED) is 0.827. The molecule has 0 bridgehead atoms. The minimum Gasteiger partial charge on any atom is -0.491 e. The third-order valence-electron chi connectivity index (χ3n) is 4.90. The van der Waals surface area contributed by atoms with E-state index in [2.05, 4.69) is 22.0 Å². The summed E-state index contributed by atoms with van der Waals surface area (Å²) in [6.07, 6.45) is 0. The van der Waals surface area contributed by atoms with Crippen molar-refractivity contribution in [1.29, 1.82) is 0 Å². The first-order valence-electron chi connectivity index (χ1n) is 8.94. The van der Waals surface area contributed by atoms with Crippen molar-refractivity contribution in [1.82, 2.24) is 14.8 Å². The van der Waals surface area contributed by atoms with Gasteiger partial charge in [0.25, 0.3) is 5.91 Å². The van der Waals surface area contributed by atoms with Gasteiger partial charge in [0.1, 0.15) is 18.1 Å². The highest BCUT2D eigenvalue weighted by Gasteiger charge is 2.27. The van der Waals surface area contributed by atoms with E-state index in [9.17, 15) is 4.79 Å². The van der Waals surface area contributed by atoms with Crippen LogP contribution in [0.3, 0.4) is 0 Å². The van der Waals surface area contributed by atoms with E-state index in [0.29, 0.717) is 18.8 Å². The summed E-state index contributed by atoms with van der Waals surface area (Å²) in [5, 5.41) is 1.80. The molecule has 2 aliphatic rings. The number of rotatable bonds is 3. The molecular formula is C19H23N3O3S. The molecule has 0 radical (unpaired) electrons. The van der Waals surface area contributed by atoms with Gasteiger partial charge in [-0.2, -0.15) is 0 Å². The predicted octanol–water partition coefficient (Wildman–Crippen LogP) is 2.40. The van der Waals surface area contributed by atoms with Crippen molar-refractivity contribution in [2.75, 3.05) is 32.9 Å². The van der Waals surface area contributed by atoms with E-state index in [1.165, 1.54) is 16.9 Å². The largest absolute Gasteiger partial charge is 0.491 e. The summed E-state index contributed by atoms with van der Waals surface area (Å²) in [4.78, 5) is 21.3. The standard InChI is InChI=1S/C19H23N3O3S/c1-14-11-25-18-3-2-15(9-21-4-6-24-7-5-21)8-16(18)10-22(14)19(23)17-12-26-13-20-17/h2-3,8,12-14H,4-7,9-11H2,1H3/t14-/m0/s1. The number of ether oxygens (including phenoxy) is 2. The molecule has 3 heterocycles. The molecule has 2 aliphatic heterocycles. The van der Waals surface area contributed by atoms with E-state index in [4.69, 9.17) is 9.47 Å². The topological polar surface area (TPSA) is 54.9 Å². The predicted molar refractivity (Wildman–Crippen MR) is 99.5 cm³/mol. The summed E-state index contributed by atoms with van der Waals surface area (Å²) < 4.78 is 11.4. The van der Waals surface area contributed by atoms with E-state index >= 15 is 0 Å². The van der Waals surface area contributed by atoms with Crippen molar-refractivity contribution in [2.45, 2.75) is 26.1 Å². The summed E-state index contributed by atoms with van der Waals surface area (Å²) in [6.45, 7) is 7.45. The molecule has 0 spiro atoms. The highest BCUT2D eigenvalue weighted by Crippen LogP contribution is 2.28. The average molecular weight is 373 g/mol. The van der Waals surface area contributed by atoms with Gasteiger partial charge in [-0.05, 0) is 24.6 Å². The van der Waals surface area contributed by atoms with E-state index in [1.807, 2.05) is 17.9 Å². The summed E-state index contributed by atoms with van der Waals surface area (Å²) in [5.41, 5.74) is 4.50. The molecular weight excluding hydrogens is 350 g/mol. The Kier molecular flexibility index (Phi) is 5.19. The Morgan fingerprint density at radius 3 is 2.96 bits per heavy atom. The minimum atomic E-state index is -0.0335. The number of fused-ring (bicyclic) bond motifs is 1. The molecule has 2 aromatic rings. The molecule has 1 atom stereocenters. The van der Waals surface area contributed by atoms with Crippen molar-refractivity contribution >= 4 is 17.2 Å². The zero-order valence-corrected chi connectivity index (χ0v) is 15.7. The number of carbonyl (C=O) groups excluding carboxylic acids is 1. The van der Waals surface area contributed by atoms with Gasteiger partial charge in [-0.3, -0.25) is 9.69 Å². The number of hydrogen-bond acceptors (Lipinski definition) is 6. The SMILES string of the molecule is C[C@H]1COc2ccc(CN3CCOCC3)cc2CN1C(=O)c1cscn1. The van der Waals surface area contributed by atoms with Gasteiger partial charge in [0.15, 0.2) is 0 Å². The number of amides is 1. The molecule has 1 aromatic carbocycles. The average Bonchev–Trinajstić information content (AvgIpc) is 3.15. The molecule has 1 aromatic heterocycles. The fraction of sp³-hybridized carbons (Fsp3) is 0.474. The monoisotopic (exact) mass is 373 g/mol. The lowest BCUT2D eigenvalue weighted by Gasteiger charge is -2.27.